The Morgan fingerprint density at radius 1 is 1.10 bits per heavy atom. The first-order valence-corrected chi connectivity index (χ1v) is 7.34. The summed E-state index contributed by atoms with van der Waals surface area (Å²) in [5, 5.41) is 9.50. The van der Waals surface area contributed by atoms with Crippen molar-refractivity contribution in [3.05, 3.63) is 60.2 Å². The highest BCUT2D eigenvalue weighted by molar-refractivity contribution is 5.94. The second kappa shape index (κ2) is 7.48. The van der Waals surface area contributed by atoms with Crippen LogP contribution in [0.1, 0.15) is 25.3 Å². The molecule has 1 N–H and O–H groups in total. The Morgan fingerprint density at radius 3 is 2.52 bits per heavy atom. The SMILES string of the molecule is CCCCN(C(=O)Cc1cccc(O)c1)c1ccccc1. The molecule has 2 aromatic carbocycles. The van der Waals surface area contributed by atoms with E-state index in [2.05, 4.69) is 6.92 Å². The molecule has 0 saturated carbocycles. The van der Waals surface area contributed by atoms with E-state index >= 15 is 0 Å². The monoisotopic (exact) mass is 283 g/mol. The molecular weight excluding hydrogens is 262 g/mol. The van der Waals surface area contributed by atoms with Crippen LogP contribution in [0.3, 0.4) is 0 Å². The maximum absolute atomic E-state index is 12.6. The molecule has 0 bridgehead atoms. The smallest absolute Gasteiger partial charge is 0.231 e. The van der Waals surface area contributed by atoms with Gasteiger partial charge in [0.15, 0.2) is 0 Å². The van der Waals surface area contributed by atoms with Crippen molar-refractivity contribution in [3.8, 4) is 5.75 Å². The van der Waals surface area contributed by atoms with Crippen LogP contribution in [0, 0.1) is 0 Å². The highest BCUT2D eigenvalue weighted by atomic mass is 16.3. The van der Waals surface area contributed by atoms with Crippen LogP contribution < -0.4 is 4.90 Å². The van der Waals surface area contributed by atoms with Crippen molar-refractivity contribution in [3.63, 3.8) is 0 Å². The van der Waals surface area contributed by atoms with E-state index in [0.717, 1.165) is 30.6 Å². The molecule has 2 rings (SSSR count). The Kier molecular flexibility index (Phi) is 5.38. The first kappa shape index (κ1) is 15.1. The number of nitrogens with zero attached hydrogens (tertiary/aromatic N) is 1. The number of phenols is 1. The van der Waals surface area contributed by atoms with Crippen molar-refractivity contribution in [1.29, 1.82) is 0 Å². The molecule has 0 aromatic heterocycles. The zero-order valence-electron chi connectivity index (χ0n) is 12.3. The number of hydrogen-bond acceptors (Lipinski definition) is 2. The van der Waals surface area contributed by atoms with Crippen LogP contribution in [0.25, 0.3) is 0 Å². The molecule has 0 aliphatic heterocycles. The van der Waals surface area contributed by atoms with Gasteiger partial charge in [-0.3, -0.25) is 4.79 Å². The maximum atomic E-state index is 12.6. The van der Waals surface area contributed by atoms with Gasteiger partial charge in [-0.05, 0) is 36.2 Å². The van der Waals surface area contributed by atoms with E-state index in [9.17, 15) is 9.90 Å². The molecule has 0 radical (unpaired) electrons. The van der Waals surface area contributed by atoms with Gasteiger partial charge in [-0.25, -0.2) is 0 Å². The number of phenolic OH excluding ortho intramolecular Hbond substituents is 1. The Morgan fingerprint density at radius 2 is 1.86 bits per heavy atom. The number of aromatic hydroxyl groups is 1. The summed E-state index contributed by atoms with van der Waals surface area (Å²) in [6.07, 6.45) is 2.32. The Bertz CT molecular complexity index is 581. The van der Waals surface area contributed by atoms with E-state index in [1.165, 1.54) is 0 Å². The minimum Gasteiger partial charge on any atom is -0.508 e. The standard InChI is InChI=1S/C18H21NO2/c1-2-3-12-19(16-9-5-4-6-10-16)18(21)14-15-8-7-11-17(20)13-15/h4-11,13,20H,2-3,12,14H2,1H3. The normalized spacial score (nSPS) is 10.3. The van der Waals surface area contributed by atoms with E-state index < -0.39 is 0 Å². The summed E-state index contributed by atoms with van der Waals surface area (Å²) < 4.78 is 0. The van der Waals surface area contributed by atoms with Crippen molar-refractivity contribution in [2.75, 3.05) is 11.4 Å². The molecule has 0 aliphatic rings. The Balaban J connectivity index is 2.14. The third-order valence-corrected chi connectivity index (χ3v) is 3.37. The van der Waals surface area contributed by atoms with Gasteiger partial charge in [0.25, 0.3) is 0 Å². The molecule has 0 fully saturated rings. The summed E-state index contributed by atoms with van der Waals surface area (Å²) in [5.74, 6) is 0.250. The first-order valence-electron chi connectivity index (χ1n) is 7.34. The van der Waals surface area contributed by atoms with Gasteiger partial charge in [0.05, 0.1) is 6.42 Å². The van der Waals surface area contributed by atoms with Crippen LogP contribution in [0.15, 0.2) is 54.6 Å². The second-order valence-electron chi connectivity index (χ2n) is 5.08. The molecule has 3 nitrogen and oxygen atoms in total. The lowest BCUT2D eigenvalue weighted by atomic mass is 10.1. The molecule has 0 spiro atoms. The Labute approximate surface area is 125 Å². The van der Waals surface area contributed by atoms with Crippen LogP contribution in [0.2, 0.25) is 0 Å². The largest absolute Gasteiger partial charge is 0.508 e. The van der Waals surface area contributed by atoms with E-state index in [1.54, 1.807) is 18.2 Å². The fraction of sp³-hybridized carbons (Fsp3) is 0.278. The summed E-state index contributed by atoms with van der Waals surface area (Å²) in [4.78, 5) is 14.4. The molecule has 0 atom stereocenters. The first-order chi connectivity index (χ1) is 10.2. The molecule has 21 heavy (non-hydrogen) atoms. The van der Waals surface area contributed by atoms with Crippen LogP contribution in [-0.4, -0.2) is 17.6 Å². The number of unbranched alkanes of at least 4 members (excludes halogenated alkanes) is 1. The van der Waals surface area contributed by atoms with Gasteiger partial charge in [-0.15, -0.1) is 0 Å². The third kappa shape index (κ3) is 4.35. The van der Waals surface area contributed by atoms with Crippen LogP contribution in [0.4, 0.5) is 5.69 Å². The fourth-order valence-electron chi connectivity index (χ4n) is 2.26. The summed E-state index contributed by atoms with van der Waals surface area (Å²) in [6.45, 7) is 2.83. The number of rotatable bonds is 6. The van der Waals surface area contributed by atoms with Gasteiger partial charge in [-0.1, -0.05) is 43.7 Å². The zero-order chi connectivity index (χ0) is 15.1. The Hall–Kier alpha value is -2.29. The number of amides is 1. The molecule has 0 saturated heterocycles. The minimum atomic E-state index is 0.0558. The van der Waals surface area contributed by atoms with Gasteiger partial charge in [-0.2, -0.15) is 0 Å². The topological polar surface area (TPSA) is 40.5 Å². The molecule has 2 aromatic rings. The fourth-order valence-corrected chi connectivity index (χ4v) is 2.26. The number of anilines is 1. The lowest BCUT2D eigenvalue weighted by Gasteiger charge is -2.23. The molecule has 3 heteroatoms. The lowest BCUT2D eigenvalue weighted by Crippen LogP contribution is -2.33. The average molecular weight is 283 g/mol. The molecule has 110 valence electrons. The number of carbonyl (C=O) groups excluding carboxylic acids is 1. The van der Waals surface area contributed by atoms with Crippen molar-refractivity contribution < 1.29 is 9.90 Å². The van der Waals surface area contributed by atoms with Crippen LogP contribution >= 0.6 is 0 Å². The molecule has 0 aliphatic carbocycles. The third-order valence-electron chi connectivity index (χ3n) is 3.37. The van der Waals surface area contributed by atoms with Gasteiger partial charge < -0.3 is 10.0 Å². The average Bonchev–Trinajstić information content (AvgIpc) is 2.49. The molecule has 0 unspecified atom stereocenters. The predicted molar refractivity (Wildman–Crippen MR) is 85.5 cm³/mol. The van der Waals surface area contributed by atoms with Gasteiger partial charge >= 0.3 is 0 Å². The van der Waals surface area contributed by atoms with Gasteiger partial charge in [0, 0.05) is 12.2 Å². The van der Waals surface area contributed by atoms with E-state index in [1.807, 2.05) is 41.3 Å². The van der Waals surface area contributed by atoms with E-state index in [4.69, 9.17) is 0 Å². The summed E-state index contributed by atoms with van der Waals surface area (Å²) in [5.41, 5.74) is 1.76. The second-order valence-corrected chi connectivity index (χ2v) is 5.08. The van der Waals surface area contributed by atoms with Gasteiger partial charge in [0.2, 0.25) is 5.91 Å². The van der Waals surface area contributed by atoms with Crippen molar-refractivity contribution in [2.24, 2.45) is 0 Å². The predicted octanol–water partition coefficient (Wildman–Crippen LogP) is 3.77. The summed E-state index contributed by atoms with van der Waals surface area (Å²) >= 11 is 0. The molecule has 0 heterocycles. The van der Waals surface area contributed by atoms with Gasteiger partial charge in [0.1, 0.15) is 5.75 Å². The van der Waals surface area contributed by atoms with Crippen molar-refractivity contribution >= 4 is 11.6 Å². The van der Waals surface area contributed by atoms with Crippen LogP contribution in [0.5, 0.6) is 5.75 Å². The highest BCUT2D eigenvalue weighted by Crippen LogP contribution is 2.17. The quantitative estimate of drug-likeness (QED) is 0.876. The number of carbonyl (C=O) groups is 1. The number of para-hydroxylation sites is 1. The lowest BCUT2D eigenvalue weighted by molar-refractivity contribution is -0.118. The molecular formula is C18H21NO2. The maximum Gasteiger partial charge on any atom is 0.231 e. The summed E-state index contributed by atoms with van der Waals surface area (Å²) in [7, 11) is 0. The zero-order valence-corrected chi connectivity index (χ0v) is 12.3. The minimum absolute atomic E-state index is 0.0558. The van der Waals surface area contributed by atoms with E-state index in [-0.39, 0.29) is 11.7 Å². The van der Waals surface area contributed by atoms with Crippen molar-refractivity contribution in [2.45, 2.75) is 26.2 Å². The molecule has 1 amide bonds. The highest BCUT2D eigenvalue weighted by Gasteiger charge is 2.15. The van der Waals surface area contributed by atoms with E-state index in [0.29, 0.717) is 6.42 Å². The van der Waals surface area contributed by atoms with Crippen molar-refractivity contribution in [1.82, 2.24) is 0 Å². The number of hydrogen-bond donors (Lipinski definition) is 1. The van der Waals surface area contributed by atoms with Crippen LogP contribution in [-0.2, 0) is 11.2 Å². The summed E-state index contributed by atoms with van der Waals surface area (Å²) in [6, 6.07) is 16.6. The number of benzene rings is 2.